The van der Waals surface area contributed by atoms with Crippen LogP contribution in [0.5, 0.6) is 0 Å². The number of hydrogen-bond acceptors (Lipinski definition) is 5. The van der Waals surface area contributed by atoms with Gasteiger partial charge in [0, 0.05) is 29.8 Å². The molecule has 1 aliphatic heterocycles. The summed E-state index contributed by atoms with van der Waals surface area (Å²) in [6.07, 6.45) is 4.37. The maximum absolute atomic E-state index is 8.92. The third-order valence-electron chi connectivity index (χ3n) is 4.61. The average molecular weight is 347 g/mol. The summed E-state index contributed by atoms with van der Waals surface area (Å²) in [5.74, 6) is 0.603. The van der Waals surface area contributed by atoms with E-state index in [0.717, 1.165) is 42.2 Å². The first kappa shape index (κ1) is 17.1. The van der Waals surface area contributed by atoms with E-state index in [1.54, 1.807) is 6.20 Å². The average Bonchev–Trinajstić information content (AvgIpc) is 2.63. The molecule has 0 aliphatic carbocycles. The minimum atomic E-state index is -0.195. The molecule has 0 atom stereocenters. The van der Waals surface area contributed by atoms with E-state index in [0.29, 0.717) is 18.9 Å². The molecule has 6 heteroatoms. The second kappa shape index (κ2) is 7.92. The van der Waals surface area contributed by atoms with Gasteiger partial charge in [-0.1, -0.05) is 29.8 Å². The standard InChI is InChI=1S/C18H23ClN4O/c19-15-5-2-1-4-14(15)18(7-11-20-12-8-18)16-6-10-22-17(23-16)21-9-3-13-24/h1-2,4-6,10,20,24H,3,7-9,11-13H2,(H,21,22,23). The second-order valence-electron chi connectivity index (χ2n) is 6.08. The van der Waals surface area contributed by atoms with Crippen molar-refractivity contribution in [1.29, 1.82) is 0 Å². The molecule has 128 valence electrons. The van der Waals surface area contributed by atoms with Crippen LogP contribution in [0.2, 0.25) is 5.02 Å². The number of benzene rings is 1. The van der Waals surface area contributed by atoms with Crippen LogP contribution in [0.1, 0.15) is 30.5 Å². The minimum Gasteiger partial charge on any atom is -0.396 e. The van der Waals surface area contributed by atoms with Gasteiger partial charge < -0.3 is 15.7 Å². The lowest BCUT2D eigenvalue weighted by atomic mass is 9.70. The van der Waals surface area contributed by atoms with Crippen molar-refractivity contribution < 1.29 is 5.11 Å². The predicted molar refractivity (Wildman–Crippen MR) is 96.6 cm³/mol. The molecule has 0 amide bonds. The van der Waals surface area contributed by atoms with Crippen molar-refractivity contribution in [3.63, 3.8) is 0 Å². The zero-order chi connectivity index (χ0) is 16.8. The lowest BCUT2D eigenvalue weighted by Gasteiger charge is -2.38. The highest BCUT2D eigenvalue weighted by molar-refractivity contribution is 6.31. The van der Waals surface area contributed by atoms with E-state index in [4.69, 9.17) is 21.7 Å². The van der Waals surface area contributed by atoms with E-state index in [-0.39, 0.29) is 12.0 Å². The maximum Gasteiger partial charge on any atom is 0.222 e. The largest absolute Gasteiger partial charge is 0.396 e. The van der Waals surface area contributed by atoms with Crippen LogP contribution in [-0.2, 0) is 5.41 Å². The zero-order valence-corrected chi connectivity index (χ0v) is 14.4. The zero-order valence-electron chi connectivity index (χ0n) is 13.6. The Hall–Kier alpha value is -1.69. The Morgan fingerprint density at radius 2 is 2.00 bits per heavy atom. The van der Waals surface area contributed by atoms with Crippen LogP contribution in [0.3, 0.4) is 0 Å². The Morgan fingerprint density at radius 3 is 2.75 bits per heavy atom. The van der Waals surface area contributed by atoms with Crippen molar-refractivity contribution in [2.45, 2.75) is 24.7 Å². The van der Waals surface area contributed by atoms with E-state index < -0.39 is 0 Å². The van der Waals surface area contributed by atoms with Crippen LogP contribution in [0, 0.1) is 0 Å². The fourth-order valence-corrected chi connectivity index (χ4v) is 3.67. The van der Waals surface area contributed by atoms with Crippen molar-refractivity contribution in [2.24, 2.45) is 0 Å². The SMILES string of the molecule is OCCCNc1nccc(C2(c3ccccc3Cl)CCNCC2)n1. The molecular formula is C18H23ClN4O. The first-order valence-electron chi connectivity index (χ1n) is 8.40. The first-order valence-corrected chi connectivity index (χ1v) is 8.78. The summed E-state index contributed by atoms with van der Waals surface area (Å²) in [5, 5.41) is 16.3. The number of anilines is 1. The van der Waals surface area contributed by atoms with Gasteiger partial charge in [0.1, 0.15) is 0 Å². The number of halogens is 1. The van der Waals surface area contributed by atoms with Gasteiger partial charge in [0.25, 0.3) is 0 Å². The fourth-order valence-electron chi connectivity index (χ4n) is 3.36. The molecule has 1 aromatic heterocycles. The number of aromatic nitrogens is 2. The molecule has 1 saturated heterocycles. The highest BCUT2D eigenvalue weighted by Gasteiger charge is 2.38. The highest BCUT2D eigenvalue weighted by atomic mass is 35.5. The van der Waals surface area contributed by atoms with E-state index >= 15 is 0 Å². The lowest BCUT2D eigenvalue weighted by molar-refractivity contribution is 0.292. The van der Waals surface area contributed by atoms with E-state index in [2.05, 4.69) is 21.7 Å². The van der Waals surface area contributed by atoms with Gasteiger partial charge in [0.05, 0.1) is 5.69 Å². The van der Waals surface area contributed by atoms with Gasteiger partial charge in [-0.25, -0.2) is 9.97 Å². The van der Waals surface area contributed by atoms with Crippen LogP contribution in [0.4, 0.5) is 5.95 Å². The Balaban J connectivity index is 1.98. The quantitative estimate of drug-likeness (QED) is 0.701. The monoisotopic (exact) mass is 346 g/mol. The molecular weight excluding hydrogens is 324 g/mol. The summed E-state index contributed by atoms with van der Waals surface area (Å²) in [7, 11) is 0. The number of aliphatic hydroxyl groups excluding tert-OH is 1. The molecule has 1 aliphatic rings. The fraction of sp³-hybridized carbons (Fsp3) is 0.444. The Labute approximate surface area is 147 Å². The number of rotatable bonds is 6. The normalized spacial score (nSPS) is 16.8. The van der Waals surface area contributed by atoms with Crippen molar-refractivity contribution in [1.82, 2.24) is 15.3 Å². The molecule has 2 aromatic rings. The topological polar surface area (TPSA) is 70.1 Å². The molecule has 2 heterocycles. The second-order valence-corrected chi connectivity index (χ2v) is 6.49. The summed E-state index contributed by atoms with van der Waals surface area (Å²) in [6.45, 7) is 2.67. The maximum atomic E-state index is 8.92. The van der Waals surface area contributed by atoms with Gasteiger partial charge in [-0.3, -0.25) is 0 Å². The first-order chi connectivity index (χ1) is 11.8. The molecule has 24 heavy (non-hydrogen) atoms. The van der Waals surface area contributed by atoms with Gasteiger partial charge in [0.2, 0.25) is 5.95 Å². The van der Waals surface area contributed by atoms with Crippen LogP contribution in [0.15, 0.2) is 36.5 Å². The molecule has 1 fully saturated rings. The third kappa shape index (κ3) is 3.53. The van der Waals surface area contributed by atoms with Gasteiger partial charge in [0.15, 0.2) is 0 Å². The molecule has 3 N–H and O–H groups in total. The number of nitrogens with zero attached hydrogens (tertiary/aromatic N) is 2. The highest BCUT2D eigenvalue weighted by Crippen LogP contribution is 2.42. The van der Waals surface area contributed by atoms with E-state index in [1.807, 2.05) is 24.3 Å². The smallest absolute Gasteiger partial charge is 0.222 e. The lowest BCUT2D eigenvalue weighted by Crippen LogP contribution is -2.41. The summed E-state index contributed by atoms with van der Waals surface area (Å²) in [4.78, 5) is 9.07. The molecule has 5 nitrogen and oxygen atoms in total. The van der Waals surface area contributed by atoms with Crippen molar-refractivity contribution in [3.05, 3.63) is 52.8 Å². The van der Waals surface area contributed by atoms with Gasteiger partial charge >= 0.3 is 0 Å². The summed E-state index contributed by atoms with van der Waals surface area (Å²) in [5.41, 5.74) is 1.94. The molecule has 0 radical (unpaired) electrons. The molecule has 3 rings (SSSR count). The van der Waals surface area contributed by atoms with Crippen LogP contribution in [0.25, 0.3) is 0 Å². The number of aliphatic hydroxyl groups is 1. The van der Waals surface area contributed by atoms with Crippen LogP contribution >= 0.6 is 11.6 Å². The number of nitrogens with one attached hydrogen (secondary N) is 2. The van der Waals surface area contributed by atoms with Gasteiger partial charge in [-0.15, -0.1) is 0 Å². The molecule has 0 spiro atoms. The molecule has 0 unspecified atom stereocenters. The number of piperidine rings is 1. The van der Waals surface area contributed by atoms with E-state index in [9.17, 15) is 0 Å². The van der Waals surface area contributed by atoms with Gasteiger partial charge in [-0.05, 0) is 50.0 Å². The summed E-state index contributed by atoms with van der Waals surface area (Å²) < 4.78 is 0. The summed E-state index contributed by atoms with van der Waals surface area (Å²) in [6, 6.07) is 10.0. The van der Waals surface area contributed by atoms with E-state index in [1.165, 1.54) is 0 Å². The Morgan fingerprint density at radius 1 is 1.21 bits per heavy atom. The Kier molecular flexibility index (Phi) is 5.66. The molecule has 0 bridgehead atoms. The molecule has 0 saturated carbocycles. The number of hydrogen-bond donors (Lipinski definition) is 3. The van der Waals surface area contributed by atoms with Gasteiger partial charge in [-0.2, -0.15) is 0 Å². The van der Waals surface area contributed by atoms with Crippen LogP contribution < -0.4 is 10.6 Å². The minimum absolute atomic E-state index is 0.155. The summed E-state index contributed by atoms with van der Waals surface area (Å²) >= 11 is 6.53. The van der Waals surface area contributed by atoms with Crippen molar-refractivity contribution in [3.8, 4) is 0 Å². The van der Waals surface area contributed by atoms with Crippen molar-refractivity contribution >= 4 is 17.5 Å². The van der Waals surface area contributed by atoms with Crippen LogP contribution in [-0.4, -0.2) is 41.3 Å². The predicted octanol–water partition coefficient (Wildman–Crippen LogP) is 2.59. The molecule has 1 aromatic carbocycles. The Bertz CT molecular complexity index is 674. The third-order valence-corrected chi connectivity index (χ3v) is 4.94. The van der Waals surface area contributed by atoms with Crippen molar-refractivity contribution in [2.75, 3.05) is 31.6 Å².